The number of aromatic nitrogens is 1. The van der Waals surface area contributed by atoms with E-state index in [-0.39, 0.29) is 11.6 Å². The third kappa shape index (κ3) is 3.16. The van der Waals surface area contributed by atoms with Crippen LogP contribution in [-0.2, 0) is 0 Å². The van der Waals surface area contributed by atoms with Gasteiger partial charge in [0.25, 0.3) is 5.91 Å². The molecular formula is C15H15FN2O. The van der Waals surface area contributed by atoms with Crippen LogP contribution in [0.1, 0.15) is 34.6 Å². The van der Waals surface area contributed by atoms with Crippen LogP contribution < -0.4 is 5.32 Å². The Morgan fingerprint density at radius 3 is 2.79 bits per heavy atom. The highest BCUT2D eigenvalue weighted by Gasteiger charge is 2.15. The second-order valence-electron chi connectivity index (χ2n) is 4.43. The molecule has 0 fully saturated rings. The van der Waals surface area contributed by atoms with Crippen LogP contribution in [0, 0.1) is 12.7 Å². The van der Waals surface area contributed by atoms with E-state index in [9.17, 15) is 9.18 Å². The van der Waals surface area contributed by atoms with E-state index in [1.54, 1.807) is 18.3 Å². The van der Waals surface area contributed by atoms with E-state index in [1.807, 2.05) is 26.0 Å². The minimum absolute atomic E-state index is 0.0581. The molecule has 1 aromatic carbocycles. The van der Waals surface area contributed by atoms with Gasteiger partial charge in [0.05, 0.1) is 17.3 Å². The fourth-order valence-corrected chi connectivity index (χ4v) is 1.79. The molecule has 0 aliphatic heterocycles. The molecule has 4 heteroatoms. The Morgan fingerprint density at radius 2 is 2.11 bits per heavy atom. The molecule has 0 saturated carbocycles. The third-order valence-electron chi connectivity index (χ3n) is 2.85. The van der Waals surface area contributed by atoms with E-state index in [2.05, 4.69) is 10.3 Å². The monoisotopic (exact) mass is 258 g/mol. The lowest BCUT2D eigenvalue weighted by Gasteiger charge is -2.13. The van der Waals surface area contributed by atoms with Gasteiger partial charge in [0.1, 0.15) is 5.82 Å². The summed E-state index contributed by atoms with van der Waals surface area (Å²) in [6, 6.07) is 9.67. The Kier molecular flexibility index (Phi) is 3.90. The summed E-state index contributed by atoms with van der Waals surface area (Å²) in [4.78, 5) is 16.2. The van der Waals surface area contributed by atoms with Crippen LogP contribution in [0.15, 0.2) is 42.6 Å². The van der Waals surface area contributed by atoms with Gasteiger partial charge in [-0.25, -0.2) is 4.39 Å². The molecule has 0 saturated heterocycles. The molecule has 0 bridgehead atoms. The number of rotatable bonds is 3. The molecule has 1 amide bonds. The number of carbonyl (C=O) groups excluding carboxylic acids is 1. The van der Waals surface area contributed by atoms with Crippen molar-refractivity contribution in [3.8, 4) is 0 Å². The number of benzene rings is 1. The maximum atomic E-state index is 13.6. The molecule has 0 aliphatic rings. The van der Waals surface area contributed by atoms with Crippen LogP contribution in [0.25, 0.3) is 0 Å². The van der Waals surface area contributed by atoms with Crippen molar-refractivity contribution in [1.82, 2.24) is 10.3 Å². The summed E-state index contributed by atoms with van der Waals surface area (Å²) in [5, 5.41) is 2.74. The summed E-state index contributed by atoms with van der Waals surface area (Å²) >= 11 is 0. The van der Waals surface area contributed by atoms with Crippen molar-refractivity contribution in [1.29, 1.82) is 0 Å². The molecule has 0 aliphatic carbocycles. The van der Waals surface area contributed by atoms with E-state index in [0.717, 1.165) is 11.3 Å². The standard InChI is InChI=1S/C15H15FN2O/c1-10-6-7-13(16)12(9-10)15(19)18-11(2)14-5-3-4-8-17-14/h3-9,11H,1-2H3,(H,18,19). The van der Waals surface area contributed by atoms with Crippen LogP contribution in [-0.4, -0.2) is 10.9 Å². The Balaban J connectivity index is 2.15. The average molecular weight is 258 g/mol. The second kappa shape index (κ2) is 5.61. The first kappa shape index (κ1) is 13.2. The Bertz CT molecular complexity index is 584. The minimum atomic E-state index is -0.517. The largest absolute Gasteiger partial charge is 0.344 e. The summed E-state index contributed by atoms with van der Waals surface area (Å²) in [6.45, 7) is 3.63. The fraction of sp³-hybridized carbons (Fsp3) is 0.200. The Hall–Kier alpha value is -2.23. The van der Waals surface area contributed by atoms with Gasteiger partial charge in [-0.2, -0.15) is 0 Å². The third-order valence-corrected chi connectivity index (χ3v) is 2.85. The highest BCUT2D eigenvalue weighted by Crippen LogP contribution is 2.13. The van der Waals surface area contributed by atoms with Crippen molar-refractivity contribution in [2.45, 2.75) is 19.9 Å². The summed E-state index contributed by atoms with van der Waals surface area (Å²) < 4.78 is 13.6. The molecule has 3 nitrogen and oxygen atoms in total. The predicted molar refractivity (Wildman–Crippen MR) is 71.3 cm³/mol. The predicted octanol–water partition coefficient (Wildman–Crippen LogP) is 3.02. The lowest BCUT2D eigenvalue weighted by molar-refractivity contribution is 0.0935. The van der Waals surface area contributed by atoms with Gasteiger partial charge in [-0.05, 0) is 38.1 Å². The van der Waals surface area contributed by atoms with Gasteiger partial charge in [-0.15, -0.1) is 0 Å². The maximum absolute atomic E-state index is 13.6. The summed E-state index contributed by atoms with van der Waals surface area (Å²) in [5.74, 6) is -0.948. The van der Waals surface area contributed by atoms with Crippen LogP contribution in [0.4, 0.5) is 4.39 Å². The SMILES string of the molecule is Cc1ccc(F)c(C(=O)NC(C)c2ccccn2)c1. The van der Waals surface area contributed by atoms with E-state index in [1.165, 1.54) is 12.1 Å². The number of carbonyl (C=O) groups is 1. The zero-order valence-electron chi connectivity index (χ0n) is 10.9. The first-order valence-corrected chi connectivity index (χ1v) is 6.06. The molecule has 2 rings (SSSR count). The van der Waals surface area contributed by atoms with Gasteiger partial charge in [-0.3, -0.25) is 9.78 Å². The topological polar surface area (TPSA) is 42.0 Å². The lowest BCUT2D eigenvalue weighted by Crippen LogP contribution is -2.28. The van der Waals surface area contributed by atoms with Crippen molar-refractivity contribution in [3.05, 3.63) is 65.2 Å². The van der Waals surface area contributed by atoms with Gasteiger partial charge < -0.3 is 5.32 Å². The maximum Gasteiger partial charge on any atom is 0.254 e. The lowest BCUT2D eigenvalue weighted by atomic mass is 10.1. The zero-order valence-corrected chi connectivity index (χ0v) is 10.9. The van der Waals surface area contributed by atoms with Crippen LogP contribution in [0.2, 0.25) is 0 Å². The summed E-state index contributed by atoms with van der Waals surface area (Å²) in [7, 11) is 0. The normalized spacial score (nSPS) is 11.9. The number of hydrogen-bond donors (Lipinski definition) is 1. The number of nitrogens with zero attached hydrogens (tertiary/aromatic N) is 1. The molecule has 0 radical (unpaired) electrons. The van der Waals surface area contributed by atoms with Gasteiger partial charge in [0.15, 0.2) is 0 Å². The van der Waals surface area contributed by atoms with Crippen LogP contribution in [0.3, 0.4) is 0 Å². The molecule has 2 aromatic rings. The number of nitrogens with one attached hydrogen (secondary N) is 1. The van der Waals surface area contributed by atoms with E-state index >= 15 is 0 Å². The van der Waals surface area contributed by atoms with E-state index in [0.29, 0.717) is 0 Å². The van der Waals surface area contributed by atoms with Crippen molar-refractivity contribution in [2.75, 3.05) is 0 Å². The number of halogens is 1. The van der Waals surface area contributed by atoms with Gasteiger partial charge in [0, 0.05) is 6.20 Å². The van der Waals surface area contributed by atoms with Gasteiger partial charge in [-0.1, -0.05) is 17.7 Å². The van der Waals surface area contributed by atoms with Crippen molar-refractivity contribution >= 4 is 5.91 Å². The molecular weight excluding hydrogens is 243 g/mol. The van der Waals surface area contributed by atoms with E-state index < -0.39 is 11.7 Å². The highest BCUT2D eigenvalue weighted by molar-refractivity contribution is 5.94. The molecule has 98 valence electrons. The van der Waals surface area contributed by atoms with Gasteiger partial charge in [0.2, 0.25) is 0 Å². The molecule has 1 aromatic heterocycles. The van der Waals surface area contributed by atoms with Crippen LogP contribution >= 0.6 is 0 Å². The van der Waals surface area contributed by atoms with Crippen LogP contribution in [0.5, 0.6) is 0 Å². The number of pyridine rings is 1. The minimum Gasteiger partial charge on any atom is -0.344 e. The van der Waals surface area contributed by atoms with Crippen molar-refractivity contribution < 1.29 is 9.18 Å². The molecule has 1 atom stereocenters. The number of amides is 1. The van der Waals surface area contributed by atoms with Crippen molar-refractivity contribution in [2.24, 2.45) is 0 Å². The summed E-state index contributed by atoms with van der Waals surface area (Å²) in [6.07, 6.45) is 1.66. The number of aryl methyl sites for hydroxylation is 1. The quantitative estimate of drug-likeness (QED) is 0.919. The number of hydrogen-bond acceptors (Lipinski definition) is 2. The molecule has 0 spiro atoms. The molecule has 1 unspecified atom stereocenters. The zero-order chi connectivity index (χ0) is 13.8. The molecule has 19 heavy (non-hydrogen) atoms. The Labute approximate surface area is 111 Å². The highest BCUT2D eigenvalue weighted by atomic mass is 19.1. The molecule has 1 heterocycles. The second-order valence-corrected chi connectivity index (χ2v) is 4.43. The van der Waals surface area contributed by atoms with Crippen molar-refractivity contribution in [3.63, 3.8) is 0 Å². The molecule has 1 N–H and O–H groups in total. The first-order chi connectivity index (χ1) is 9.08. The smallest absolute Gasteiger partial charge is 0.254 e. The Morgan fingerprint density at radius 1 is 1.32 bits per heavy atom. The van der Waals surface area contributed by atoms with E-state index in [4.69, 9.17) is 0 Å². The first-order valence-electron chi connectivity index (χ1n) is 6.06. The fourth-order valence-electron chi connectivity index (χ4n) is 1.79. The van der Waals surface area contributed by atoms with Gasteiger partial charge >= 0.3 is 0 Å². The summed E-state index contributed by atoms with van der Waals surface area (Å²) in [5.41, 5.74) is 1.64. The average Bonchev–Trinajstić information content (AvgIpc) is 2.42.